The highest BCUT2D eigenvalue weighted by Gasteiger charge is 2.22. The van der Waals surface area contributed by atoms with Crippen LogP contribution in [0.5, 0.6) is 5.75 Å². The molecule has 1 aliphatic rings. The van der Waals surface area contributed by atoms with Gasteiger partial charge in [0.15, 0.2) is 0 Å². The minimum atomic E-state index is -0.370. The normalized spacial score (nSPS) is 13.8. The van der Waals surface area contributed by atoms with Gasteiger partial charge in [-0.2, -0.15) is 5.26 Å². The maximum absolute atomic E-state index is 13.9. The summed E-state index contributed by atoms with van der Waals surface area (Å²) in [6, 6.07) is 16.7. The van der Waals surface area contributed by atoms with Crippen molar-refractivity contribution < 1.29 is 9.13 Å². The molecule has 0 unspecified atom stereocenters. The number of allylic oxidation sites excluding steroid dienone is 1. The maximum atomic E-state index is 13.9. The van der Waals surface area contributed by atoms with E-state index in [0.29, 0.717) is 24.4 Å². The maximum Gasteiger partial charge on any atom is 0.138 e. The minimum Gasteiger partial charge on any atom is -0.488 e. The summed E-state index contributed by atoms with van der Waals surface area (Å²) in [6.45, 7) is 4.06. The molecule has 0 N–H and O–H groups in total. The number of terminal acetylenes is 1. The molecule has 5 rings (SSSR count). The van der Waals surface area contributed by atoms with Crippen LogP contribution in [0.25, 0.3) is 11.2 Å². The highest BCUT2D eigenvalue weighted by molar-refractivity contribution is 5.88. The molecular weight excluding hydrogens is 413 g/mol. The average Bonchev–Trinajstić information content (AvgIpc) is 3.03. The lowest BCUT2D eigenvalue weighted by Crippen LogP contribution is -2.01. The Kier molecular flexibility index (Phi) is 4.96. The molecule has 0 aliphatic carbocycles. The number of aryl methyl sites for hydroxylation is 1. The second kappa shape index (κ2) is 7.97. The van der Waals surface area contributed by atoms with Crippen molar-refractivity contribution in [3.63, 3.8) is 0 Å². The number of nitrogens with zero attached hydrogens (tertiary/aromatic N) is 3. The molecular formula is C28H20FN3O. The number of ether oxygens (including phenoxy) is 1. The van der Waals surface area contributed by atoms with Crippen LogP contribution in [-0.2, 0) is 13.0 Å². The number of hydrogen-bond donors (Lipinski definition) is 0. The highest BCUT2D eigenvalue weighted by atomic mass is 19.1. The first-order valence-electron chi connectivity index (χ1n) is 10.6. The molecule has 1 aliphatic heterocycles. The molecule has 160 valence electrons. The molecule has 0 radical (unpaired) electrons. The Bertz CT molecular complexity index is 1550. The highest BCUT2D eigenvalue weighted by Crippen LogP contribution is 2.39. The Balaban J connectivity index is 1.59. The lowest BCUT2D eigenvalue weighted by atomic mass is 9.89. The molecule has 2 aromatic carbocycles. The number of halogens is 1. The van der Waals surface area contributed by atoms with Gasteiger partial charge >= 0.3 is 0 Å². The quantitative estimate of drug-likeness (QED) is 0.306. The van der Waals surface area contributed by atoms with Crippen molar-refractivity contribution in [2.75, 3.05) is 0 Å². The van der Waals surface area contributed by atoms with Gasteiger partial charge in [-0.1, -0.05) is 24.1 Å². The Morgan fingerprint density at radius 3 is 2.79 bits per heavy atom. The molecule has 0 fully saturated rings. The summed E-state index contributed by atoms with van der Waals surface area (Å²) < 4.78 is 21.9. The van der Waals surface area contributed by atoms with Gasteiger partial charge in [0.1, 0.15) is 23.8 Å². The van der Waals surface area contributed by atoms with Crippen molar-refractivity contribution in [2.45, 2.75) is 26.9 Å². The van der Waals surface area contributed by atoms with Gasteiger partial charge in [0.2, 0.25) is 0 Å². The number of rotatable bonds is 2. The van der Waals surface area contributed by atoms with Crippen LogP contribution in [-0.4, -0.2) is 9.38 Å². The molecule has 0 amide bonds. The van der Waals surface area contributed by atoms with Crippen LogP contribution in [0.3, 0.4) is 0 Å². The van der Waals surface area contributed by atoms with E-state index in [1.165, 1.54) is 12.1 Å². The molecule has 4 aromatic rings. The van der Waals surface area contributed by atoms with Crippen molar-refractivity contribution in [1.29, 1.82) is 5.26 Å². The van der Waals surface area contributed by atoms with Crippen LogP contribution in [0.2, 0.25) is 0 Å². The molecule has 2 aromatic heterocycles. The molecule has 0 spiro atoms. The lowest BCUT2D eigenvalue weighted by molar-refractivity contribution is 0.305. The minimum absolute atomic E-state index is 0.291. The largest absolute Gasteiger partial charge is 0.488 e. The molecule has 4 nitrogen and oxygen atoms in total. The summed E-state index contributed by atoms with van der Waals surface area (Å²) in [7, 11) is 0. The Labute approximate surface area is 191 Å². The van der Waals surface area contributed by atoms with Crippen molar-refractivity contribution in [3.8, 4) is 24.2 Å². The third kappa shape index (κ3) is 3.54. The summed E-state index contributed by atoms with van der Waals surface area (Å²) in [5.41, 5.74) is 8.68. The zero-order chi connectivity index (χ0) is 23.1. The van der Waals surface area contributed by atoms with Gasteiger partial charge in [0, 0.05) is 46.7 Å². The topological polar surface area (TPSA) is 50.3 Å². The average molecular weight is 433 g/mol. The van der Waals surface area contributed by atoms with Gasteiger partial charge in [-0.25, -0.2) is 9.37 Å². The van der Waals surface area contributed by atoms with Crippen LogP contribution >= 0.6 is 0 Å². The lowest BCUT2D eigenvalue weighted by Gasteiger charge is -2.13. The summed E-state index contributed by atoms with van der Waals surface area (Å²) in [5.74, 6) is 2.72. The van der Waals surface area contributed by atoms with Crippen LogP contribution in [0.1, 0.15) is 46.1 Å². The van der Waals surface area contributed by atoms with E-state index in [1.807, 2.05) is 31.3 Å². The number of nitriles is 1. The van der Waals surface area contributed by atoms with E-state index in [-0.39, 0.29) is 5.82 Å². The first kappa shape index (κ1) is 20.5. The van der Waals surface area contributed by atoms with Crippen molar-refractivity contribution in [1.82, 2.24) is 9.38 Å². The fraction of sp³-hybridized carbons (Fsp3) is 0.143. The first-order valence-corrected chi connectivity index (χ1v) is 10.6. The monoisotopic (exact) mass is 433 g/mol. The standard InChI is InChI=1S/C28H20FN3O/c1-4-19-9-10-32-25(18(3)31-27(32)13-19)12-20-5-7-23-21(11-20)16-33-26-14-22(29)6-8-24(26)28(23)17(2)15-30/h1,5-11,13-14H,12,16H2,2-3H3/b28-17-. The predicted molar refractivity (Wildman–Crippen MR) is 125 cm³/mol. The van der Waals surface area contributed by atoms with Crippen molar-refractivity contribution in [2.24, 2.45) is 0 Å². The van der Waals surface area contributed by atoms with Gasteiger partial charge in [-0.3, -0.25) is 0 Å². The zero-order valence-corrected chi connectivity index (χ0v) is 18.3. The van der Waals surface area contributed by atoms with Gasteiger partial charge in [-0.15, -0.1) is 6.42 Å². The smallest absolute Gasteiger partial charge is 0.138 e. The van der Waals surface area contributed by atoms with Crippen LogP contribution in [0, 0.1) is 36.4 Å². The molecule has 0 bridgehead atoms. The van der Waals surface area contributed by atoms with E-state index in [9.17, 15) is 9.65 Å². The predicted octanol–water partition coefficient (Wildman–Crippen LogP) is 5.59. The third-order valence-corrected chi connectivity index (χ3v) is 6.04. The summed E-state index contributed by atoms with van der Waals surface area (Å²) in [5, 5.41) is 9.63. The zero-order valence-electron chi connectivity index (χ0n) is 18.3. The SMILES string of the molecule is C#Cc1ccn2c(Cc3ccc4c(c3)COc3cc(F)ccc3/C4=C(/C)C#N)c(C)nc2c1. The second-order valence-electron chi connectivity index (χ2n) is 8.14. The van der Waals surface area contributed by atoms with Crippen molar-refractivity contribution in [3.05, 3.63) is 105 Å². The van der Waals surface area contributed by atoms with Crippen LogP contribution in [0.15, 0.2) is 60.3 Å². The van der Waals surface area contributed by atoms with E-state index < -0.39 is 0 Å². The van der Waals surface area contributed by atoms with E-state index in [1.54, 1.807) is 13.0 Å². The molecule has 3 heterocycles. The number of aromatic nitrogens is 2. The summed E-state index contributed by atoms with van der Waals surface area (Å²) >= 11 is 0. The summed E-state index contributed by atoms with van der Waals surface area (Å²) in [6.07, 6.45) is 8.15. The molecule has 0 saturated heterocycles. The number of imidazole rings is 1. The van der Waals surface area contributed by atoms with E-state index >= 15 is 0 Å². The van der Waals surface area contributed by atoms with Crippen LogP contribution in [0.4, 0.5) is 4.39 Å². The number of benzene rings is 2. The number of pyridine rings is 1. The van der Waals surface area contributed by atoms with Gasteiger partial charge in [0.05, 0.1) is 11.8 Å². The van der Waals surface area contributed by atoms with Gasteiger partial charge in [0.25, 0.3) is 0 Å². The molecule has 0 saturated carbocycles. The Morgan fingerprint density at radius 2 is 2.00 bits per heavy atom. The molecule has 5 heteroatoms. The number of hydrogen-bond acceptors (Lipinski definition) is 3. The second-order valence-corrected chi connectivity index (χ2v) is 8.14. The van der Waals surface area contributed by atoms with Crippen molar-refractivity contribution >= 4 is 11.2 Å². The molecule has 33 heavy (non-hydrogen) atoms. The van der Waals surface area contributed by atoms with E-state index in [2.05, 4.69) is 33.5 Å². The Morgan fingerprint density at radius 1 is 1.18 bits per heavy atom. The van der Waals surface area contributed by atoms with E-state index in [4.69, 9.17) is 11.2 Å². The summed E-state index contributed by atoms with van der Waals surface area (Å²) in [4.78, 5) is 4.67. The van der Waals surface area contributed by atoms with Gasteiger partial charge in [-0.05, 0) is 54.8 Å². The fourth-order valence-corrected chi connectivity index (χ4v) is 4.41. The fourth-order valence-electron chi connectivity index (χ4n) is 4.41. The third-order valence-electron chi connectivity index (χ3n) is 6.04. The van der Waals surface area contributed by atoms with Gasteiger partial charge < -0.3 is 9.14 Å². The Hall–Kier alpha value is -4.35. The molecule has 0 atom stereocenters. The first-order chi connectivity index (χ1) is 16.0. The number of fused-ring (bicyclic) bond motifs is 3. The van der Waals surface area contributed by atoms with E-state index in [0.717, 1.165) is 50.4 Å². The van der Waals surface area contributed by atoms with Crippen LogP contribution < -0.4 is 4.74 Å².